The average Bonchev–Trinajstić information content (AvgIpc) is 2.84. The quantitative estimate of drug-likeness (QED) is 0.801. The molecule has 0 amide bonds. The second-order valence-electron chi connectivity index (χ2n) is 4.77. The summed E-state index contributed by atoms with van der Waals surface area (Å²) in [6, 6.07) is 6.70. The number of halogens is 1. The zero-order valence-electron chi connectivity index (χ0n) is 12.0. The predicted molar refractivity (Wildman–Crippen MR) is 79.5 cm³/mol. The summed E-state index contributed by atoms with van der Waals surface area (Å²) in [5, 5.41) is 7.62. The largest absolute Gasteiger partial charge is 0.364 e. The van der Waals surface area contributed by atoms with E-state index in [2.05, 4.69) is 20.4 Å². The number of hydrogen-bond acceptors (Lipinski definition) is 4. The Bertz CT molecular complexity index is 781. The van der Waals surface area contributed by atoms with Crippen molar-refractivity contribution in [3.63, 3.8) is 0 Å². The first-order chi connectivity index (χ1) is 10.2. The first-order valence-corrected chi connectivity index (χ1v) is 6.86. The van der Waals surface area contributed by atoms with Crippen LogP contribution in [0.25, 0.3) is 11.0 Å². The van der Waals surface area contributed by atoms with Gasteiger partial charge in [0.25, 0.3) is 0 Å². The van der Waals surface area contributed by atoms with Gasteiger partial charge in [-0.2, -0.15) is 5.10 Å². The normalized spacial score (nSPS) is 11.0. The molecule has 0 aliphatic heterocycles. The molecule has 0 fully saturated rings. The van der Waals surface area contributed by atoms with Crippen molar-refractivity contribution >= 4 is 16.9 Å². The zero-order valence-corrected chi connectivity index (χ0v) is 12.0. The Kier molecular flexibility index (Phi) is 3.51. The van der Waals surface area contributed by atoms with Gasteiger partial charge in [-0.3, -0.25) is 4.68 Å². The maximum absolute atomic E-state index is 13.7. The SMILES string of the molecule is CCn1nc(C)c2ncnc(NCc3ccccc3F)c21. The third-order valence-corrected chi connectivity index (χ3v) is 3.40. The van der Waals surface area contributed by atoms with Gasteiger partial charge in [0.05, 0.1) is 5.69 Å². The number of hydrogen-bond donors (Lipinski definition) is 1. The summed E-state index contributed by atoms with van der Waals surface area (Å²) in [7, 11) is 0. The number of nitrogens with zero attached hydrogens (tertiary/aromatic N) is 4. The van der Waals surface area contributed by atoms with Gasteiger partial charge >= 0.3 is 0 Å². The molecular formula is C15H16FN5. The first kappa shape index (κ1) is 13.5. The summed E-state index contributed by atoms with van der Waals surface area (Å²) < 4.78 is 15.5. The molecule has 0 aliphatic rings. The Morgan fingerprint density at radius 3 is 2.81 bits per heavy atom. The maximum atomic E-state index is 13.7. The fourth-order valence-corrected chi connectivity index (χ4v) is 2.35. The van der Waals surface area contributed by atoms with Gasteiger partial charge in [0.1, 0.15) is 23.2 Å². The van der Waals surface area contributed by atoms with Crippen molar-refractivity contribution in [1.29, 1.82) is 0 Å². The Morgan fingerprint density at radius 2 is 2.05 bits per heavy atom. The van der Waals surface area contributed by atoms with E-state index in [1.165, 1.54) is 12.4 Å². The Hall–Kier alpha value is -2.50. The van der Waals surface area contributed by atoms with Gasteiger partial charge < -0.3 is 5.32 Å². The average molecular weight is 285 g/mol. The molecule has 1 aromatic carbocycles. The summed E-state index contributed by atoms with van der Waals surface area (Å²) >= 11 is 0. The second kappa shape index (κ2) is 5.47. The summed E-state index contributed by atoms with van der Waals surface area (Å²) in [4.78, 5) is 8.54. The number of fused-ring (bicyclic) bond motifs is 1. The van der Waals surface area contributed by atoms with Gasteiger partial charge in [0.2, 0.25) is 0 Å². The topological polar surface area (TPSA) is 55.6 Å². The van der Waals surface area contributed by atoms with Crippen molar-refractivity contribution in [2.75, 3.05) is 5.32 Å². The molecule has 0 unspecified atom stereocenters. The minimum Gasteiger partial charge on any atom is -0.364 e. The fraction of sp³-hybridized carbons (Fsp3) is 0.267. The van der Waals surface area contributed by atoms with Crippen LogP contribution in [0.1, 0.15) is 18.2 Å². The van der Waals surface area contributed by atoms with E-state index in [1.54, 1.807) is 12.1 Å². The van der Waals surface area contributed by atoms with Crippen LogP contribution in [0.2, 0.25) is 0 Å². The summed E-state index contributed by atoms with van der Waals surface area (Å²) in [5.41, 5.74) is 3.14. The van der Waals surface area contributed by atoms with E-state index >= 15 is 0 Å². The second-order valence-corrected chi connectivity index (χ2v) is 4.77. The molecule has 2 heterocycles. The van der Waals surface area contributed by atoms with Crippen LogP contribution in [0.3, 0.4) is 0 Å². The Morgan fingerprint density at radius 1 is 1.24 bits per heavy atom. The fourth-order valence-electron chi connectivity index (χ4n) is 2.35. The molecule has 0 saturated heterocycles. The molecule has 3 rings (SSSR count). The van der Waals surface area contributed by atoms with E-state index in [9.17, 15) is 4.39 Å². The zero-order chi connectivity index (χ0) is 14.8. The monoisotopic (exact) mass is 285 g/mol. The minimum atomic E-state index is -0.226. The van der Waals surface area contributed by atoms with Crippen LogP contribution in [0.4, 0.5) is 10.2 Å². The lowest BCUT2D eigenvalue weighted by atomic mass is 10.2. The summed E-state index contributed by atoms with van der Waals surface area (Å²) in [5.74, 6) is 0.446. The first-order valence-electron chi connectivity index (χ1n) is 6.86. The van der Waals surface area contributed by atoms with Crippen LogP contribution in [-0.4, -0.2) is 19.7 Å². The van der Waals surface area contributed by atoms with Crippen molar-refractivity contribution in [1.82, 2.24) is 19.7 Å². The summed E-state index contributed by atoms with van der Waals surface area (Å²) in [6.07, 6.45) is 1.50. The van der Waals surface area contributed by atoms with Crippen molar-refractivity contribution in [3.8, 4) is 0 Å². The molecule has 0 bridgehead atoms. The molecule has 0 atom stereocenters. The minimum absolute atomic E-state index is 0.226. The summed E-state index contributed by atoms with van der Waals surface area (Å²) in [6.45, 7) is 5.03. The van der Waals surface area contributed by atoms with Crippen molar-refractivity contribution in [2.45, 2.75) is 26.9 Å². The number of nitrogens with one attached hydrogen (secondary N) is 1. The molecule has 2 aromatic heterocycles. The van der Waals surface area contributed by atoms with Crippen LogP contribution in [0.15, 0.2) is 30.6 Å². The molecule has 6 heteroatoms. The van der Waals surface area contributed by atoms with E-state index in [0.29, 0.717) is 17.9 Å². The number of aryl methyl sites for hydroxylation is 2. The van der Waals surface area contributed by atoms with E-state index in [1.807, 2.05) is 24.6 Å². The number of aromatic nitrogens is 4. The van der Waals surface area contributed by atoms with Crippen LogP contribution in [-0.2, 0) is 13.1 Å². The number of benzene rings is 1. The van der Waals surface area contributed by atoms with Gasteiger partial charge in [-0.05, 0) is 19.9 Å². The molecule has 3 aromatic rings. The van der Waals surface area contributed by atoms with E-state index < -0.39 is 0 Å². The van der Waals surface area contributed by atoms with E-state index in [0.717, 1.165) is 23.3 Å². The molecule has 0 aliphatic carbocycles. The van der Waals surface area contributed by atoms with Crippen LogP contribution in [0.5, 0.6) is 0 Å². The van der Waals surface area contributed by atoms with E-state index in [-0.39, 0.29) is 5.82 Å². The van der Waals surface area contributed by atoms with Gasteiger partial charge in [0, 0.05) is 18.7 Å². The van der Waals surface area contributed by atoms with Crippen LogP contribution >= 0.6 is 0 Å². The van der Waals surface area contributed by atoms with Gasteiger partial charge in [-0.25, -0.2) is 14.4 Å². The molecule has 1 N–H and O–H groups in total. The third-order valence-electron chi connectivity index (χ3n) is 3.40. The van der Waals surface area contributed by atoms with Crippen molar-refractivity contribution < 1.29 is 4.39 Å². The highest BCUT2D eigenvalue weighted by atomic mass is 19.1. The van der Waals surface area contributed by atoms with Gasteiger partial charge in [0.15, 0.2) is 5.82 Å². The van der Waals surface area contributed by atoms with Gasteiger partial charge in [-0.1, -0.05) is 18.2 Å². The molecule has 5 nitrogen and oxygen atoms in total. The predicted octanol–water partition coefficient (Wildman–Crippen LogP) is 2.91. The highest BCUT2D eigenvalue weighted by Crippen LogP contribution is 2.22. The third kappa shape index (κ3) is 2.44. The van der Waals surface area contributed by atoms with Crippen LogP contribution < -0.4 is 5.32 Å². The van der Waals surface area contributed by atoms with E-state index in [4.69, 9.17) is 0 Å². The molecule has 0 spiro atoms. The molecule has 108 valence electrons. The molecular weight excluding hydrogens is 269 g/mol. The van der Waals surface area contributed by atoms with Crippen LogP contribution in [0, 0.1) is 12.7 Å². The molecule has 21 heavy (non-hydrogen) atoms. The standard InChI is InChI=1S/C15H16FN5/c1-3-21-14-13(10(2)20-21)18-9-19-15(14)17-8-11-6-4-5-7-12(11)16/h4-7,9H,3,8H2,1-2H3,(H,17,18,19). The highest BCUT2D eigenvalue weighted by molar-refractivity contribution is 5.87. The van der Waals surface area contributed by atoms with Gasteiger partial charge in [-0.15, -0.1) is 0 Å². The Labute approximate surface area is 121 Å². The highest BCUT2D eigenvalue weighted by Gasteiger charge is 2.13. The number of anilines is 1. The lowest BCUT2D eigenvalue weighted by Gasteiger charge is -2.09. The lowest BCUT2D eigenvalue weighted by molar-refractivity contribution is 0.613. The molecule has 0 radical (unpaired) electrons. The Balaban J connectivity index is 1.96. The number of rotatable bonds is 4. The van der Waals surface area contributed by atoms with Crippen molar-refractivity contribution in [2.24, 2.45) is 0 Å². The van der Waals surface area contributed by atoms with Crippen molar-refractivity contribution in [3.05, 3.63) is 47.7 Å². The maximum Gasteiger partial charge on any atom is 0.155 e. The lowest BCUT2D eigenvalue weighted by Crippen LogP contribution is -2.06. The smallest absolute Gasteiger partial charge is 0.155 e. The molecule has 0 saturated carbocycles.